The van der Waals surface area contributed by atoms with Crippen LogP contribution in [0, 0.1) is 6.92 Å². The first-order valence-electron chi connectivity index (χ1n) is 8.72. The fraction of sp³-hybridized carbons (Fsp3) is 0.0952. The lowest BCUT2D eigenvalue weighted by molar-refractivity contribution is 0.0848. The van der Waals surface area contributed by atoms with Gasteiger partial charge in [0.25, 0.3) is 11.8 Å². The van der Waals surface area contributed by atoms with E-state index in [9.17, 15) is 9.59 Å². The van der Waals surface area contributed by atoms with Crippen molar-refractivity contribution in [3.05, 3.63) is 76.7 Å². The van der Waals surface area contributed by atoms with Crippen molar-refractivity contribution in [1.29, 1.82) is 0 Å². The minimum atomic E-state index is -0.364. The van der Waals surface area contributed by atoms with Crippen molar-refractivity contribution in [2.45, 2.75) is 6.92 Å². The lowest BCUT2D eigenvalue weighted by Crippen LogP contribution is -2.41. The average molecular weight is 390 g/mol. The summed E-state index contributed by atoms with van der Waals surface area (Å²) in [5.41, 5.74) is 8.24. The van der Waals surface area contributed by atoms with E-state index in [1.54, 1.807) is 18.2 Å². The number of para-hydroxylation sites is 2. The number of hydrogen-bond donors (Lipinski definition) is 2. The van der Waals surface area contributed by atoms with Gasteiger partial charge in [-0.25, -0.2) is 4.98 Å². The predicted octanol–water partition coefficient (Wildman–Crippen LogP) is 3.69. The Labute approximate surface area is 165 Å². The number of hydrogen-bond acceptors (Lipinski definition) is 4. The van der Waals surface area contributed by atoms with Crippen LogP contribution in [0.2, 0.25) is 0 Å². The molecular formula is C21H18N4O2S. The molecule has 0 aliphatic heterocycles. The van der Waals surface area contributed by atoms with Crippen molar-refractivity contribution in [1.82, 2.24) is 20.4 Å². The van der Waals surface area contributed by atoms with Crippen LogP contribution in [0.25, 0.3) is 21.7 Å². The Morgan fingerprint density at radius 2 is 1.64 bits per heavy atom. The van der Waals surface area contributed by atoms with Crippen LogP contribution in [0.4, 0.5) is 0 Å². The number of carbonyl (C=O) groups excluding carboxylic acids is 2. The molecule has 0 fully saturated rings. The second kappa shape index (κ2) is 7.28. The quantitative estimate of drug-likeness (QED) is 0.524. The number of benzene rings is 2. The Hall–Kier alpha value is -3.45. The van der Waals surface area contributed by atoms with Gasteiger partial charge in [0.05, 0.1) is 20.8 Å². The molecule has 7 heteroatoms. The van der Waals surface area contributed by atoms with E-state index in [2.05, 4.69) is 15.8 Å². The Balaban J connectivity index is 1.49. The number of nitrogens with one attached hydrogen (secondary N) is 2. The molecule has 0 saturated heterocycles. The lowest BCUT2D eigenvalue weighted by Gasteiger charge is -2.08. The molecule has 0 radical (unpaired) electrons. The summed E-state index contributed by atoms with van der Waals surface area (Å²) in [5, 5.41) is 0. The van der Waals surface area contributed by atoms with Crippen molar-refractivity contribution in [2.24, 2.45) is 7.05 Å². The monoisotopic (exact) mass is 390 g/mol. The lowest BCUT2D eigenvalue weighted by atomic mass is 10.1. The van der Waals surface area contributed by atoms with Gasteiger partial charge >= 0.3 is 0 Å². The highest BCUT2D eigenvalue weighted by Crippen LogP contribution is 2.29. The van der Waals surface area contributed by atoms with E-state index in [1.165, 1.54) is 11.3 Å². The standard InChI is InChI=1S/C21H18N4O2S/c1-13-7-3-4-8-14(13)20(26)23-24-21(27)18-12-11-17(28-18)19-22-15-9-5-6-10-16(15)25(19)2/h3-12H,1-2H3,(H,23,26)(H,24,27). The molecule has 0 spiro atoms. The zero-order valence-corrected chi connectivity index (χ0v) is 16.2. The maximum absolute atomic E-state index is 12.4. The highest BCUT2D eigenvalue weighted by Gasteiger charge is 2.16. The molecule has 2 aromatic carbocycles. The zero-order valence-electron chi connectivity index (χ0n) is 15.4. The van der Waals surface area contributed by atoms with Crippen LogP contribution in [0.15, 0.2) is 60.7 Å². The van der Waals surface area contributed by atoms with Gasteiger partial charge in [-0.1, -0.05) is 30.3 Å². The minimum absolute atomic E-state index is 0.349. The van der Waals surface area contributed by atoms with Gasteiger partial charge in [0, 0.05) is 12.6 Å². The molecule has 0 aliphatic carbocycles. The smallest absolute Gasteiger partial charge is 0.279 e. The van der Waals surface area contributed by atoms with E-state index in [-0.39, 0.29) is 11.8 Å². The van der Waals surface area contributed by atoms with E-state index in [1.807, 2.05) is 61.0 Å². The molecule has 2 N–H and O–H groups in total. The van der Waals surface area contributed by atoms with Crippen LogP contribution >= 0.6 is 11.3 Å². The molecule has 2 aromatic heterocycles. The first-order chi connectivity index (χ1) is 13.5. The molecule has 4 rings (SSSR count). The summed E-state index contributed by atoms with van der Waals surface area (Å²) in [5.74, 6) is 0.0877. The fourth-order valence-corrected chi connectivity index (χ4v) is 3.94. The number of nitrogens with zero attached hydrogens (tertiary/aromatic N) is 2. The summed E-state index contributed by atoms with van der Waals surface area (Å²) >= 11 is 1.33. The molecule has 0 unspecified atom stereocenters. The van der Waals surface area contributed by atoms with E-state index in [4.69, 9.17) is 0 Å². The molecule has 0 saturated carbocycles. The molecule has 6 nitrogen and oxygen atoms in total. The third-order valence-electron chi connectivity index (χ3n) is 4.52. The third-order valence-corrected chi connectivity index (χ3v) is 5.60. The Morgan fingerprint density at radius 1 is 0.929 bits per heavy atom. The average Bonchev–Trinajstić information content (AvgIpc) is 3.31. The molecule has 4 aromatic rings. The second-order valence-electron chi connectivity index (χ2n) is 6.37. The summed E-state index contributed by atoms with van der Waals surface area (Å²) in [7, 11) is 1.95. The van der Waals surface area contributed by atoms with E-state index in [0.717, 1.165) is 27.3 Å². The van der Waals surface area contributed by atoms with Gasteiger partial charge in [0.2, 0.25) is 0 Å². The summed E-state index contributed by atoms with van der Waals surface area (Å²) < 4.78 is 2.00. The number of aromatic nitrogens is 2. The van der Waals surface area contributed by atoms with Crippen molar-refractivity contribution < 1.29 is 9.59 Å². The largest absolute Gasteiger partial charge is 0.326 e. The number of aryl methyl sites for hydroxylation is 2. The summed E-state index contributed by atoms with van der Waals surface area (Å²) in [4.78, 5) is 30.7. The summed E-state index contributed by atoms with van der Waals surface area (Å²) in [6, 6.07) is 18.7. The Kier molecular flexibility index (Phi) is 4.67. The van der Waals surface area contributed by atoms with Crippen molar-refractivity contribution >= 4 is 34.2 Å². The zero-order chi connectivity index (χ0) is 19.7. The number of imidazole rings is 1. The first kappa shape index (κ1) is 17.9. The van der Waals surface area contributed by atoms with Gasteiger partial charge in [-0.2, -0.15) is 0 Å². The van der Waals surface area contributed by atoms with Crippen LogP contribution in [-0.2, 0) is 7.05 Å². The van der Waals surface area contributed by atoms with Gasteiger partial charge in [0.1, 0.15) is 0 Å². The number of fused-ring (bicyclic) bond motifs is 1. The number of amides is 2. The fourth-order valence-electron chi connectivity index (χ4n) is 3.02. The molecule has 2 heterocycles. The van der Waals surface area contributed by atoms with Gasteiger partial charge in [-0.15, -0.1) is 11.3 Å². The van der Waals surface area contributed by atoms with Gasteiger partial charge in [-0.3, -0.25) is 20.4 Å². The van der Waals surface area contributed by atoms with Crippen molar-refractivity contribution in [3.63, 3.8) is 0 Å². The molecular weight excluding hydrogens is 372 g/mol. The second-order valence-corrected chi connectivity index (χ2v) is 7.45. The first-order valence-corrected chi connectivity index (χ1v) is 9.54. The SMILES string of the molecule is Cc1ccccc1C(=O)NNC(=O)c1ccc(-c2nc3ccccc3n2C)s1. The van der Waals surface area contributed by atoms with Crippen molar-refractivity contribution in [2.75, 3.05) is 0 Å². The van der Waals surface area contributed by atoms with Crippen molar-refractivity contribution in [3.8, 4) is 10.7 Å². The molecule has 2 amide bonds. The van der Waals surface area contributed by atoms with Crippen LogP contribution < -0.4 is 10.9 Å². The normalized spacial score (nSPS) is 10.8. The van der Waals surface area contributed by atoms with Crippen LogP contribution in [0.3, 0.4) is 0 Å². The number of carbonyl (C=O) groups is 2. The minimum Gasteiger partial charge on any atom is -0.326 e. The van der Waals surface area contributed by atoms with E-state index in [0.29, 0.717) is 10.4 Å². The molecule has 0 aliphatic rings. The van der Waals surface area contributed by atoms with E-state index < -0.39 is 0 Å². The van der Waals surface area contributed by atoms with Gasteiger partial charge in [-0.05, 0) is 42.8 Å². The summed E-state index contributed by atoms with van der Waals surface area (Å²) in [6.45, 7) is 1.85. The topological polar surface area (TPSA) is 76.0 Å². The molecule has 140 valence electrons. The van der Waals surface area contributed by atoms with Gasteiger partial charge < -0.3 is 4.57 Å². The predicted molar refractivity (Wildman–Crippen MR) is 110 cm³/mol. The third kappa shape index (κ3) is 3.27. The van der Waals surface area contributed by atoms with Crippen LogP contribution in [-0.4, -0.2) is 21.4 Å². The number of hydrazine groups is 1. The molecule has 0 bridgehead atoms. The highest BCUT2D eigenvalue weighted by atomic mass is 32.1. The molecule has 0 atom stereocenters. The Bertz CT molecular complexity index is 1190. The van der Waals surface area contributed by atoms with Crippen LogP contribution in [0.1, 0.15) is 25.6 Å². The summed E-state index contributed by atoms with van der Waals surface area (Å²) in [6.07, 6.45) is 0. The van der Waals surface area contributed by atoms with Gasteiger partial charge in [0.15, 0.2) is 5.82 Å². The van der Waals surface area contributed by atoms with E-state index >= 15 is 0 Å². The number of rotatable bonds is 3. The Morgan fingerprint density at radius 3 is 2.43 bits per heavy atom. The number of thiophene rings is 1. The highest BCUT2D eigenvalue weighted by molar-refractivity contribution is 7.17. The maximum Gasteiger partial charge on any atom is 0.279 e. The molecule has 28 heavy (non-hydrogen) atoms. The maximum atomic E-state index is 12.4. The van der Waals surface area contributed by atoms with Crippen LogP contribution in [0.5, 0.6) is 0 Å².